The maximum Gasteiger partial charge on any atom is 0.161 e. The molecule has 21 heavy (non-hydrogen) atoms. The fourth-order valence-electron chi connectivity index (χ4n) is 1.95. The molecule has 0 spiro atoms. The first-order valence-electron chi connectivity index (χ1n) is 8.21. The summed E-state index contributed by atoms with van der Waals surface area (Å²) in [5, 5.41) is 0. The van der Waals surface area contributed by atoms with E-state index in [1.165, 1.54) is 0 Å². The summed E-state index contributed by atoms with van der Waals surface area (Å²) in [6.45, 7) is 7.90. The van der Waals surface area contributed by atoms with E-state index >= 15 is 0 Å². The second-order valence-corrected chi connectivity index (χ2v) is 5.36. The third-order valence-electron chi connectivity index (χ3n) is 3.21. The lowest BCUT2D eigenvalue weighted by Crippen LogP contribution is -2.26. The van der Waals surface area contributed by atoms with Crippen molar-refractivity contribution in [2.75, 3.05) is 13.2 Å². The predicted molar refractivity (Wildman–Crippen MR) is 86.7 cm³/mol. The molecule has 120 valence electrons. The molecule has 0 aromatic heterocycles. The van der Waals surface area contributed by atoms with Crippen molar-refractivity contribution in [2.24, 2.45) is 0 Å². The number of hydrogen-bond acceptors (Lipinski definition) is 3. The van der Waals surface area contributed by atoms with E-state index in [-0.39, 0.29) is 12.4 Å². The molecular formula is C18H30O3. The van der Waals surface area contributed by atoms with Gasteiger partial charge in [-0.1, -0.05) is 44.9 Å². The van der Waals surface area contributed by atoms with Gasteiger partial charge in [-0.25, -0.2) is 0 Å². The van der Waals surface area contributed by atoms with Crippen LogP contribution >= 0.6 is 0 Å². The van der Waals surface area contributed by atoms with Gasteiger partial charge in [0.2, 0.25) is 0 Å². The van der Waals surface area contributed by atoms with E-state index < -0.39 is 0 Å². The Morgan fingerprint density at radius 3 is 2.00 bits per heavy atom. The Hall–Kier alpha value is -1.06. The van der Waals surface area contributed by atoms with Crippen LogP contribution in [0.3, 0.4) is 0 Å². The molecule has 0 saturated carbocycles. The number of para-hydroxylation sites is 1. The highest BCUT2D eigenvalue weighted by atomic mass is 16.7. The van der Waals surface area contributed by atoms with Crippen molar-refractivity contribution < 1.29 is 14.2 Å². The summed E-state index contributed by atoms with van der Waals surface area (Å²) in [4.78, 5) is 0. The van der Waals surface area contributed by atoms with Gasteiger partial charge in [0.05, 0.1) is 0 Å². The molecule has 0 radical (unpaired) electrons. The fourth-order valence-corrected chi connectivity index (χ4v) is 1.95. The standard InChI is InChI=1S/C18H30O3/c1-4-6-13-19-18(20-14-7-5-2)15-16(3)21-17-11-9-8-10-12-17/h8-12,16,18H,4-7,13-15H2,1-3H3. The lowest BCUT2D eigenvalue weighted by molar-refractivity contribution is -0.156. The van der Waals surface area contributed by atoms with Crippen LogP contribution in [0.15, 0.2) is 30.3 Å². The second kappa shape index (κ2) is 11.6. The number of benzene rings is 1. The Morgan fingerprint density at radius 2 is 1.48 bits per heavy atom. The van der Waals surface area contributed by atoms with Crippen LogP contribution in [0.1, 0.15) is 52.9 Å². The molecular weight excluding hydrogens is 264 g/mol. The van der Waals surface area contributed by atoms with Crippen molar-refractivity contribution in [1.82, 2.24) is 0 Å². The minimum atomic E-state index is -0.165. The fraction of sp³-hybridized carbons (Fsp3) is 0.667. The van der Waals surface area contributed by atoms with Gasteiger partial charge in [-0.15, -0.1) is 0 Å². The van der Waals surface area contributed by atoms with E-state index in [1.807, 2.05) is 30.3 Å². The van der Waals surface area contributed by atoms with E-state index in [0.717, 1.165) is 51.1 Å². The van der Waals surface area contributed by atoms with Gasteiger partial charge < -0.3 is 14.2 Å². The Bertz CT molecular complexity index is 330. The molecule has 1 rings (SSSR count). The summed E-state index contributed by atoms with van der Waals surface area (Å²) in [7, 11) is 0. The number of unbranched alkanes of at least 4 members (excludes halogenated alkanes) is 2. The summed E-state index contributed by atoms with van der Waals surface area (Å²) < 4.78 is 17.6. The molecule has 1 unspecified atom stereocenters. The van der Waals surface area contributed by atoms with Crippen molar-refractivity contribution in [3.63, 3.8) is 0 Å². The molecule has 3 nitrogen and oxygen atoms in total. The van der Waals surface area contributed by atoms with Crippen LogP contribution in [-0.2, 0) is 9.47 Å². The van der Waals surface area contributed by atoms with Gasteiger partial charge in [-0.2, -0.15) is 0 Å². The molecule has 0 aliphatic carbocycles. The second-order valence-electron chi connectivity index (χ2n) is 5.36. The first kappa shape index (κ1) is 18.0. The van der Waals surface area contributed by atoms with E-state index in [0.29, 0.717) is 0 Å². The lowest BCUT2D eigenvalue weighted by atomic mass is 10.2. The monoisotopic (exact) mass is 294 g/mol. The Kier molecular flexibility index (Phi) is 9.92. The minimum Gasteiger partial charge on any atom is -0.491 e. The van der Waals surface area contributed by atoms with E-state index in [9.17, 15) is 0 Å². The maximum absolute atomic E-state index is 5.90. The molecule has 0 aliphatic rings. The number of rotatable bonds is 12. The van der Waals surface area contributed by atoms with Crippen molar-refractivity contribution in [1.29, 1.82) is 0 Å². The highest BCUT2D eigenvalue weighted by Gasteiger charge is 2.15. The highest BCUT2D eigenvalue weighted by Crippen LogP contribution is 2.15. The largest absolute Gasteiger partial charge is 0.491 e. The minimum absolute atomic E-state index is 0.0700. The van der Waals surface area contributed by atoms with Gasteiger partial charge in [0.1, 0.15) is 11.9 Å². The smallest absolute Gasteiger partial charge is 0.161 e. The first-order valence-corrected chi connectivity index (χ1v) is 8.21. The van der Waals surface area contributed by atoms with Gasteiger partial charge in [0.25, 0.3) is 0 Å². The normalized spacial score (nSPS) is 12.6. The Morgan fingerprint density at radius 1 is 0.905 bits per heavy atom. The van der Waals surface area contributed by atoms with E-state index in [2.05, 4.69) is 20.8 Å². The van der Waals surface area contributed by atoms with Crippen LogP contribution in [0.4, 0.5) is 0 Å². The lowest BCUT2D eigenvalue weighted by Gasteiger charge is -2.23. The number of ether oxygens (including phenoxy) is 3. The van der Waals surface area contributed by atoms with E-state index in [1.54, 1.807) is 0 Å². The summed E-state index contributed by atoms with van der Waals surface area (Å²) in [5.74, 6) is 0.894. The molecule has 0 fully saturated rings. The van der Waals surface area contributed by atoms with Crippen molar-refractivity contribution in [3.05, 3.63) is 30.3 Å². The molecule has 3 heteroatoms. The molecule has 0 saturated heterocycles. The molecule has 1 aromatic carbocycles. The molecule has 0 bridgehead atoms. The maximum atomic E-state index is 5.90. The third kappa shape index (κ3) is 8.74. The van der Waals surface area contributed by atoms with Gasteiger partial charge in [-0.3, -0.25) is 0 Å². The zero-order valence-electron chi connectivity index (χ0n) is 13.7. The molecule has 1 atom stereocenters. The quantitative estimate of drug-likeness (QED) is 0.409. The predicted octanol–water partition coefficient (Wildman–Crippen LogP) is 4.80. The molecule has 0 N–H and O–H groups in total. The zero-order valence-corrected chi connectivity index (χ0v) is 13.7. The van der Waals surface area contributed by atoms with Crippen molar-refractivity contribution in [3.8, 4) is 5.75 Å². The van der Waals surface area contributed by atoms with Crippen LogP contribution in [0.5, 0.6) is 5.75 Å². The Labute approximate surface area is 129 Å². The van der Waals surface area contributed by atoms with Crippen LogP contribution in [0.25, 0.3) is 0 Å². The third-order valence-corrected chi connectivity index (χ3v) is 3.21. The van der Waals surface area contributed by atoms with Crippen LogP contribution in [-0.4, -0.2) is 25.6 Å². The topological polar surface area (TPSA) is 27.7 Å². The average Bonchev–Trinajstić information content (AvgIpc) is 2.48. The average molecular weight is 294 g/mol. The summed E-state index contributed by atoms with van der Waals surface area (Å²) >= 11 is 0. The van der Waals surface area contributed by atoms with Gasteiger partial charge >= 0.3 is 0 Å². The van der Waals surface area contributed by atoms with Crippen molar-refractivity contribution in [2.45, 2.75) is 65.3 Å². The van der Waals surface area contributed by atoms with E-state index in [4.69, 9.17) is 14.2 Å². The van der Waals surface area contributed by atoms with Gasteiger partial charge in [0.15, 0.2) is 6.29 Å². The van der Waals surface area contributed by atoms with Gasteiger partial charge in [-0.05, 0) is 31.9 Å². The summed E-state index contributed by atoms with van der Waals surface area (Å²) in [6.07, 6.45) is 5.07. The van der Waals surface area contributed by atoms with Crippen LogP contribution < -0.4 is 4.74 Å². The summed E-state index contributed by atoms with van der Waals surface area (Å²) in [6, 6.07) is 9.90. The summed E-state index contributed by atoms with van der Waals surface area (Å²) in [5.41, 5.74) is 0. The zero-order chi connectivity index (χ0) is 15.3. The molecule has 0 aliphatic heterocycles. The highest BCUT2D eigenvalue weighted by molar-refractivity contribution is 5.21. The number of hydrogen-bond donors (Lipinski definition) is 0. The van der Waals surface area contributed by atoms with Crippen LogP contribution in [0, 0.1) is 0 Å². The molecule has 0 heterocycles. The van der Waals surface area contributed by atoms with Crippen molar-refractivity contribution >= 4 is 0 Å². The Balaban J connectivity index is 2.37. The molecule has 1 aromatic rings. The van der Waals surface area contributed by atoms with Gasteiger partial charge in [0, 0.05) is 19.6 Å². The first-order chi connectivity index (χ1) is 10.3. The van der Waals surface area contributed by atoms with Crippen LogP contribution in [0.2, 0.25) is 0 Å². The molecule has 0 amide bonds. The SMILES string of the molecule is CCCCOC(CC(C)Oc1ccccc1)OCCCC.